The molecule has 2 aliphatic heterocycles. The van der Waals surface area contributed by atoms with E-state index in [-0.39, 0.29) is 41.1 Å². The first-order valence-corrected chi connectivity index (χ1v) is 17.0. The number of piperidine rings is 1. The largest absolute Gasteiger partial charge is 0.444 e. The number of carbonyl (C=O) groups excluding carboxylic acids is 2. The number of nitrogens with zero attached hydrogens (tertiary/aromatic N) is 3. The first-order chi connectivity index (χ1) is 20.7. The Balaban J connectivity index is 1.45. The Morgan fingerprint density at radius 1 is 1.07 bits per heavy atom. The van der Waals surface area contributed by atoms with Crippen molar-refractivity contribution in [2.75, 3.05) is 28.5 Å². The van der Waals surface area contributed by atoms with E-state index in [1.807, 2.05) is 52.0 Å². The van der Waals surface area contributed by atoms with Gasteiger partial charge in [0.05, 0.1) is 10.7 Å². The number of nitro benzene ring substituents is 1. The number of nitro groups is 1. The van der Waals surface area contributed by atoms with E-state index in [1.165, 1.54) is 6.07 Å². The third-order valence-corrected chi connectivity index (χ3v) is 9.70. The summed E-state index contributed by atoms with van der Waals surface area (Å²) < 4.78 is 34.2. The van der Waals surface area contributed by atoms with Crippen LogP contribution >= 0.6 is 0 Å². The molecule has 2 heterocycles. The lowest BCUT2D eigenvalue weighted by atomic mass is 9.80. The van der Waals surface area contributed by atoms with Crippen molar-refractivity contribution in [2.24, 2.45) is 5.92 Å². The van der Waals surface area contributed by atoms with Crippen molar-refractivity contribution in [3.05, 3.63) is 63.7 Å². The molecule has 0 aliphatic carbocycles. The van der Waals surface area contributed by atoms with Gasteiger partial charge in [-0.25, -0.2) is 13.2 Å². The summed E-state index contributed by atoms with van der Waals surface area (Å²) in [6, 6.07) is 11.9. The Kier molecular flexibility index (Phi) is 10.2. The summed E-state index contributed by atoms with van der Waals surface area (Å²) in [6.45, 7) is 10.4. The number of likely N-dealkylation sites (tertiary alicyclic amines) is 1. The molecule has 2 amide bonds. The fourth-order valence-corrected chi connectivity index (χ4v) is 7.45. The standard InChI is InChI=1S/C32H44N4O7S/c1-6-29(37)35-22(2)21-26(24-12-7-8-15-28(24)35)25-13-9-14-27(30(25)36(39)40)33-44(41,42)20-10-11-23-16-18-34(19-17-23)31(38)43-32(3,4)5/h7-9,12-15,22-23,26,33H,6,10-11,16-21H2,1-5H3/t22-,26+/m0/s1. The predicted molar refractivity (Wildman–Crippen MR) is 170 cm³/mol. The highest BCUT2D eigenvalue weighted by Gasteiger charge is 2.37. The molecule has 0 unspecified atom stereocenters. The maximum atomic E-state index is 13.1. The summed E-state index contributed by atoms with van der Waals surface area (Å²) in [6.07, 6.45) is 3.08. The van der Waals surface area contributed by atoms with Crippen LogP contribution < -0.4 is 9.62 Å². The lowest BCUT2D eigenvalue weighted by molar-refractivity contribution is -0.384. The molecule has 0 bridgehead atoms. The number of amides is 2. The second-order valence-electron chi connectivity index (χ2n) is 12.8. The molecule has 44 heavy (non-hydrogen) atoms. The highest BCUT2D eigenvalue weighted by atomic mass is 32.2. The zero-order valence-electron chi connectivity index (χ0n) is 26.2. The average Bonchev–Trinajstić information content (AvgIpc) is 2.95. The van der Waals surface area contributed by atoms with Gasteiger partial charge in [-0.05, 0) is 83.4 Å². The zero-order chi connectivity index (χ0) is 32.2. The number of sulfonamides is 1. The number of benzene rings is 2. The van der Waals surface area contributed by atoms with Crippen molar-refractivity contribution in [1.82, 2.24) is 4.90 Å². The van der Waals surface area contributed by atoms with Gasteiger partial charge in [0.2, 0.25) is 15.9 Å². The van der Waals surface area contributed by atoms with Crippen molar-refractivity contribution < 1.29 is 27.7 Å². The molecule has 2 atom stereocenters. The number of carbonyl (C=O) groups is 2. The van der Waals surface area contributed by atoms with E-state index < -0.39 is 26.5 Å². The minimum atomic E-state index is -3.87. The van der Waals surface area contributed by atoms with Crippen LogP contribution in [0.15, 0.2) is 42.5 Å². The van der Waals surface area contributed by atoms with Crippen LogP contribution in [-0.2, 0) is 19.6 Å². The van der Waals surface area contributed by atoms with Crippen molar-refractivity contribution in [1.29, 1.82) is 0 Å². The normalized spacial score (nSPS) is 19.3. The second-order valence-corrected chi connectivity index (χ2v) is 14.6. The van der Waals surface area contributed by atoms with E-state index in [1.54, 1.807) is 28.9 Å². The number of hydrogen-bond acceptors (Lipinski definition) is 7. The second kappa shape index (κ2) is 13.5. The third kappa shape index (κ3) is 7.88. The number of ether oxygens (including phenoxy) is 1. The summed E-state index contributed by atoms with van der Waals surface area (Å²) in [5.41, 5.74) is 1.05. The van der Waals surface area contributed by atoms with Gasteiger partial charge in [-0.1, -0.05) is 37.3 Å². The van der Waals surface area contributed by atoms with E-state index >= 15 is 0 Å². The molecule has 0 radical (unpaired) electrons. The van der Waals surface area contributed by atoms with Gasteiger partial charge in [-0.15, -0.1) is 0 Å². The van der Waals surface area contributed by atoms with E-state index in [9.17, 15) is 28.1 Å². The van der Waals surface area contributed by atoms with Gasteiger partial charge in [-0.3, -0.25) is 19.6 Å². The van der Waals surface area contributed by atoms with Gasteiger partial charge >= 0.3 is 6.09 Å². The minimum absolute atomic E-state index is 0.0204. The van der Waals surface area contributed by atoms with Gasteiger partial charge in [0.15, 0.2) is 0 Å². The van der Waals surface area contributed by atoms with Crippen LogP contribution in [0.3, 0.4) is 0 Å². The number of nitrogens with one attached hydrogen (secondary N) is 1. The van der Waals surface area contributed by atoms with Gasteiger partial charge < -0.3 is 14.5 Å². The maximum absolute atomic E-state index is 13.1. The Morgan fingerprint density at radius 2 is 1.73 bits per heavy atom. The summed E-state index contributed by atoms with van der Waals surface area (Å²) >= 11 is 0. The van der Waals surface area contributed by atoms with E-state index in [0.717, 1.165) is 24.1 Å². The number of para-hydroxylation sites is 2. The summed E-state index contributed by atoms with van der Waals surface area (Å²) in [4.78, 5) is 40.4. The van der Waals surface area contributed by atoms with E-state index in [0.29, 0.717) is 44.3 Å². The van der Waals surface area contributed by atoms with Crippen molar-refractivity contribution >= 4 is 39.1 Å². The number of hydrogen-bond donors (Lipinski definition) is 1. The highest BCUT2D eigenvalue weighted by molar-refractivity contribution is 7.92. The molecule has 11 nitrogen and oxygen atoms in total. The molecule has 12 heteroatoms. The van der Waals surface area contributed by atoms with Crippen LogP contribution in [0.1, 0.15) is 90.2 Å². The van der Waals surface area contributed by atoms with Crippen LogP contribution in [0, 0.1) is 16.0 Å². The van der Waals surface area contributed by atoms with Crippen LogP contribution in [0.4, 0.5) is 21.9 Å². The minimum Gasteiger partial charge on any atom is -0.444 e. The molecule has 1 saturated heterocycles. The van der Waals surface area contributed by atoms with Crippen LogP contribution in [0.2, 0.25) is 0 Å². The monoisotopic (exact) mass is 628 g/mol. The van der Waals surface area contributed by atoms with Crippen molar-refractivity contribution in [3.8, 4) is 0 Å². The molecule has 1 fully saturated rings. The smallest absolute Gasteiger partial charge is 0.410 e. The van der Waals surface area contributed by atoms with E-state index in [4.69, 9.17) is 4.74 Å². The van der Waals surface area contributed by atoms with Crippen LogP contribution in [-0.4, -0.2) is 60.7 Å². The van der Waals surface area contributed by atoms with Crippen LogP contribution in [0.5, 0.6) is 0 Å². The lowest BCUT2D eigenvalue weighted by Gasteiger charge is -2.39. The Labute approximate surface area is 260 Å². The number of anilines is 2. The number of rotatable bonds is 9. The zero-order valence-corrected chi connectivity index (χ0v) is 27.1. The van der Waals surface area contributed by atoms with Gasteiger partial charge in [0.25, 0.3) is 5.69 Å². The maximum Gasteiger partial charge on any atom is 0.410 e. The molecule has 2 aromatic carbocycles. The van der Waals surface area contributed by atoms with Crippen LogP contribution in [0.25, 0.3) is 0 Å². The van der Waals surface area contributed by atoms with Crippen molar-refractivity contribution in [2.45, 2.75) is 90.7 Å². The topological polar surface area (TPSA) is 139 Å². The summed E-state index contributed by atoms with van der Waals surface area (Å²) in [5, 5.41) is 12.4. The first-order valence-electron chi connectivity index (χ1n) is 15.4. The lowest BCUT2D eigenvalue weighted by Crippen LogP contribution is -2.43. The molecule has 2 aliphatic rings. The molecule has 0 spiro atoms. The van der Waals surface area contributed by atoms with Gasteiger partial charge in [0.1, 0.15) is 11.3 Å². The SMILES string of the molecule is CCC(=O)N1c2ccccc2[C@H](c2cccc(NS(=O)(=O)CCCC3CCN(C(=O)OC(C)(C)C)CC3)c2[N+](=O)[O-])C[C@@H]1C. The first kappa shape index (κ1) is 33.2. The average molecular weight is 629 g/mol. The summed E-state index contributed by atoms with van der Waals surface area (Å²) in [5.74, 6) is -0.293. The Morgan fingerprint density at radius 3 is 2.36 bits per heavy atom. The van der Waals surface area contributed by atoms with Crippen molar-refractivity contribution in [3.63, 3.8) is 0 Å². The van der Waals surface area contributed by atoms with Gasteiger partial charge in [-0.2, -0.15) is 0 Å². The molecule has 240 valence electrons. The fraction of sp³-hybridized carbons (Fsp3) is 0.562. The number of fused-ring (bicyclic) bond motifs is 1. The Hall–Kier alpha value is -3.67. The molecule has 4 rings (SSSR count). The molecule has 0 saturated carbocycles. The molecular formula is C32H44N4O7S. The molecule has 1 N–H and O–H groups in total. The molecule has 0 aromatic heterocycles. The fourth-order valence-electron chi connectivity index (χ4n) is 6.30. The quantitative estimate of drug-likeness (QED) is 0.249. The molecule has 2 aromatic rings. The van der Waals surface area contributed by atoms with E-state index in [2.05, 4.69) is 4.72 Å². The van der Waals surface area contributed by atoms with Gasteiger partial charge in [0, 0.05) is 42.7 Å². The molecular weight excluding hydrogens is 584 g/mol. The highest BCUT2D eigenvalue weighted by Crippen LogP contribution is 2.46. The summed E-state index contributed by atoms with van der Waals surface area (Å²) in [7, 11) is -3.87. The third-order valence-electron chi connectivity index (χ3n) is 8.34. The predicted octanol–water partition coefficient (Wildman–Crippen LogP) is 6.43. The Bertz CT molecular complexity index is 1480.